The van der Waals surface area contributed by atoms with Crippen LogP contribution in [0.4, 0.5) is 5.95 Å². The minimum atomic E-state index is 0.380. The number of anilines is 1. The largest absolute Gasteiger partial charge is 0.594 e. The van der Waals surface area contributed by atoms with Crippen LogP contribution in [0.5, 0.6) is 0 Å². The number of likely N-dealkylation sites (N-methyl/N-ethyl adjacent to an activating group) is 1. The number of hydrogen-bond donors (Lipinski definition) is 1. The highest BCUT2D eigenvalue weighted by Gasteiger charge is 2.18. The van der Waals surface area contributed by atoms with Gasteiger partial charge in [-0.2, -0.15) is 0 Å². The standard InChI is InChI=1S/C16H23N5O2/c1-20(8-9-23-2)7-6-17-16-18-14-10-12-4-3-5-13(12)11-15(14)21(22)19-16/h10-11H,3-9H2,1-2H3,(H,17,18,19). The number of rotatable bonds is 7. The van der Waals surface area contributed by atoms with Gasteiger partial charge in [0.2, 0.25) is 0 Å². The maximum absolute atomic E-state index is 12.1. The molecule has 0 saturated heterocycles. The number of nitrogens with zero attached hydrogens (tertiary/aromatic N) is 4. The quantitative estimate of drug-likeness (QED) is 0.599. The summed E-state index contributed by atoms with van der Waals surface area (Å²) < 4.78 is 5.05. The number of hydrogen-bond acceptors (Lipinski definition) is 6. The molecule has 1 N–H and O–H groups in total. The molecule has 0 radical (unpaired) electrons. The molecule has 0 fully saturated rings. The molecular weight excluding hydrogens is 294 g/mol. The first-order chi connectivity index (χ1) is 11.2. The van der Waals surface area contributed by atoms with Crippen molar-refractivity contribution in [2.75, 3.05) is 45.7 Å². The molecule has 2 aromatic rings. The molecule has 7 heteroatoms. The van der Waals surface area contributed by atoms with E-state index in [-0.39, 0.29) is 0 Å². The molecule has 1 aliphatic carbocycles. The highest BCUT2D eigenvalue weighted by molar-refractivity contribution is 5.74. The molecule has 23 heavy (non-hydrogen) atoms. The minimum absolute atomic E-state index is 0.380. The van der Waals surface area contributed by atoms with Crippen LogP contribution >= 0.6 is 0 Å². The number of benzene rings is 1. The van der Waals surface area contributed by atoms with Crippen molar-refractivity contribution in [1.29, 1.82) is 0 Å². The van der Waals surface area contributed by atoms with E-state index in [1.165, 1.54) is 11.1 Å². The summed E-state index contributed by atoms with van der Waals surface area (Å²) in [5.74, 6) is 0.380. The van der Waals surface area contributed by atoms with E-state index in [0.717, 1.165) is 32.4 Å². The van der Waals surface area contributed by atoms with Crippen LogP contribution in [0.15, 0.2) is 12.1 Å². The summed E-state index contributed by atoms with van der Waals surface area (Å²) in [6, 6.07) is 3.97. The normalized spacial score (nSPS) is 13.7. The summed E-state index contributed by atoms with van der Waals surface area (Å²) in [6.45, 7) is 3.07. The van der Waals surface area contributed by atoms with Crippen LogP contribution in [-0.4, -0.2) is 55.4 Å². The molecule has 0 spiro atoms. The fraction of sp³-hybridized carbons (Fsp3) is 0.562. The Kier molecular flexibility index (Phi) is 4.88. The molecule has 0 bridgehead atoms. The van der Waals surface area contributed by atoms with Crippen molar-refractivity contribution >= 4 is 17.0 Å². The van der Waals surface area contributed by atoms with E-state index in [1.54, 1.807) is 7.11 Å². The Balaban J connectivity index is 1.69. The molecule has 1 aromatic heterocycles. The van der Waals surface area contributed by atoms with Gasteiger partial charge in [-0.3, -0.25) is 0 Å². The Labute approximate surface area is 135 Å². The number of aromatic nitrogens is 3. The van der Waals surface area contributed by atoms with E-state index >= 15 is 0 Å². The second-order valence-electron chi connectivity index (χ2n) is 5.99. The summed E-state index contributed by atoms with van der Waals surface area (Å²) in [6.07, 6.45) is 3.26. The third kappa shape index (κ3) is 3.68. The van der Waals surface area contributed by atoms with Crippen LogP contribution in [0, 0.1) is 5.21 Å². The van der Waals surface area contributed by atoms with Crippen LogP contribution in [-0.2, 0) is 17.6 Å². The zero-order valence-electron chi connectivity index (χ0n) is 13.7. The van der Waals surface area contributed by atoms with Gasteiger partial charge in [0, 0.05) is 32.8 Å². The highest BCUT2D eigenvalue weighted by Crippen LogP contribution is 2.25. The number of aryl methyl sites for hydroxylation is 2. The number of fused-ring (bicyclic) bond motifs is 2. The lowest BCUT2D eigenvalue weighted by atomic mass is 10.1. The zero-order chi connectivity index (χ0) is 16.2. The fourth-order valence-corrected chi connectivity index (χ4v) is 2.91. The van der Waals surface area contributed by atoms with Crippen molar-refractivity contribution in [2.45, 2.75) is 19.3 Å². The third-order valence-corrected chi connectivity index (χ3v) is 4.26. The van der Waals surface area contributed by atoms with Gasteiger partial charge in [-0.1, -0.05) is 0 Å². The average molecular weight is 317 g/mol. The van der Waals surface area contributed by atoms with Crippen molar-refractivity contribution < 1.29 is 9.58 Å². The fourth-order valence-electron chi connectivity index (χ4n) is 2.91. The van der Waals surface area contributed by atoms with Crippen molar-refractivity contribution in [1.82, 2.24) is 15.0 Å². The van der Waals surface area contributed by atoms with Crippen molar-refractivity contribution in [2.24, 2.45) is 0 Å². The predicted molar refractivity (Wildman–Crippen MR) is 88.4 cm³/mol. The van der Waals surface area contributed by atoms with Crippen molar-refractivity contribution in [3.63, 3.8) is 0 Å². The van der Waals surface area contributed by atoms with Gasteiger partial charge in [0.25, 0.3) is 11.5 Å². The van der Waals surface area contributed by atoms with Crippen LogP contribution in [0.1, 0.15) is 17.5 Å². The molecule has 1 heterocycles. The second-order valence-corrected chi connectivity index (χ2v) is 5.99. The molecule has 0 amide bonds. The number of nitrogens with one attached hydrogen (secondary N) is 1. The van der Waals surface area contributed by atoms with Crippen LogP contribution in [0.25, 0.3) is 11.0 Å². The lowest BCUT2D eigenvalue weighted by molar-refractivity contribution is -0.641. The lowest BCUT2D eigenvalue weighted by Gasteiger charge is -2.15. The first kappa shape index (κ1) is 15.9. The first-order valence-electron chi connectivity index (χ1n) is 8.02. The van der Waals surface area contributed by atoms with E-state index in [0.29, 0.717) is 35.0 Å². The number of methoxy groups -OCH3 is 1. The summed E-state index contributed by atoms with van der Waals surface area (Å²) in [5, 5.41) is 19.2. The Hall–Kier alpha value is -1.99. The van der Waals surface area contributed by atoms with Gasteiger partial charge in [0.1, 0.15) is 5.52 Å². The van der Waals surface area contributed by atoms with E-state index < -0.39 is 0 Å². The second kappa shape index (κ2) is 7.06. The third-order valence-electron chi connectivity index (χ3n) is 4.26. The van der Waals surface area contributed by atoms with Crippen LogP contribution in [0.3, 0.4) is 0 Å². The smallest absolute Gasteiger partial charge is 0.290 e. The topological polar surface area (TPSA) is 77.2 Å². The van der Waals surface area contributed by atoms with E-state index in [2.05, 4.69) is 20.3 Å². The maximum Gasteiger partial charge on any atom is 0.290 e. The molecule has 1 aromatic carbocycles. The lowest BCUT2D eigenvalue weighted by Crippen LogP contribution is -2.35. The summed E-state index contributed by atoms with van der Waals surface area (Å²) in [7, 11) is 3.72. The van der Waals surface area contributed by atoms with E-state index in [1.807, 2.05) is 19.2 Å². The molecule has 0 unspecified atom stereocenters. The molecular formula is C16H23N5O2. The Morgan fingerprint density at radius 1 is 1.30 bits per heavy atom. The van der Waals surface area contributed by atoms with Gasteiger partial charge >= 0.3 is 0 Å². The molecule has 1 aliphatic rings. The predicted octanol–water partition coefficient (Wildman–Crippen LogP) is 0.742. The molecule has 0 atom stereocenters. The van der Waals surface area contributed by atoms with Crippen LogP contribution < -0.4 is 10.2 Å². The van der Waals surface area contributed by atoms with Gasteiger partial charge in [-0.05, 0) is 48.3 Å². The van der Waals surface area contributed by atoms with Gasteiger partial charge in [-0.15, -0.1) is 0 Å². The summed E-state index contributed by atoms with van der Waals surface area (Å²) >= 11 is 0. The van der Waals surface area contributed by atoms with Gasteiger partial charge in [-0.25, -0.2) is 4.98 Å². The monoisotopic (exact) mass is 317 g/mol. The Morgan fingerprint density at radius 3 is 2.87 bits per heavy atom. The zero-order valence-corrected chi connectivity index (χ0v) is 13.7. The molecule has 124 valence electrons. The molecule has 0 aliphatic heterocycles. The van der Waals surface area contributed by atoms with Gasteiger partial charge in [0.05, 0.1) is 11.7 Å². The first-order valence-corrected chi connectivity index (χ1v) is 8.02. The average Bonchev–Trinajstić information content (AvgIpc) is 2.98. The van der Waals surface area contributed by atoms with E-state index in [9.17, 15) is 5.21 Å². The van der Waals surface area contributed by atoms with Crippen molar-refractivity contribution in [3.05, 3.63) is 28.5 Å². The highest BCUT2D eigenvalue weighted by atomic mass is 16.5. The summed E-state index contributed by atoms with van der Waals surface area (Å²) in [4.78, 5) is 7.31. The Bertz CT molecular complexity index is 692. The van der Waals surface area contributed by atoms with Gasteiger partial charge in [0.15, 0.2) is 0 Å². The molecule has 7 nitrogen and oxygen atoms in total. The number of ether oxygens (including phenoxy) is 1. The van der Waals surface area contributed by atoms with E-state index in [4.69, 9.17) is 4.74 Å². The molecule has 0 saturated carbocycles. The van der Waals surface area contributed by atoms with Crippen molar-refractivity contribution in [3.8, 4) is 0 Å². The van der Waals surface area contributed by atoms with Crippen LogP contribution in [0.2, 0.25) is 0 Å². The van der Waals surface area contributed by atoms with Gasteiger partial charge < -0.3 is 20.2 Å². The minimum Gasteiger partial charge on any atom is -0.594 e. The Morgan fingerprint density at radius 2 is 2.09 bits per heavy atom. The molecule has 3 rings (SSSR count). The maximum atomic E-state index is 12.1. The SMILES string of the molecule is COCCN(C)CCNc1nc2cc3c(cc2[n+]([O-])n1)CCC3. The summed E-state index contributed by atoms with van der Waals surface area (Å²) in [5.41, 5.74) is 3.83.